The van der Waals surface area contributed by atoms with E-state index in [0.29, 0.717) is 38.4 Å². The zero-order chi connectivity index (χ0) is 27.9. The Labute approximate surface area is 241 Å². The summed E-state index contributed by atoms with van der Waals surface area (Å²) >= 11 is 0. The maximum atomic E-state index is 13.5. The standard InChI is InChI=1S/C33H41N5O3/c39-29-12-11-23-21-37-16-13-25-24-9-4-5-10-27(24)35-31(25)28(37)19-26(23)30(29)32(40)34-14-6-15-36-17-18-38(33(36)41)20-22-7-2-1-3-8-22/h1-5,7-10,23,26,28-30,35,39H,6,11-21H2,(H,34,40)/t23-,26-,28-,29-,30?/m0/s1. The van der Waals surface area contributed by atoms with Gasteiger partial charge in [-0.3, -0.25) is 9.69 Å². The monoisotopic (exact) mass is 555 g/mol. The summed E-state index contributed by atoms with van der Waals surface area (Å²) in [6, 6.07) is 19.0. The molecule has 3 N–H and O–H groups in total. The van der Waals surface area contributed by atoms with Gasteiger partial charge in [0.1, 0.15) is 0 Å². The first kappa shape index (κ1) is 26.5. The van der Waals surface area contributed by atoms with E-state index in [-0.39, 0.29) is 29.8 Å². The van der Waals surface area contributed by atoms with Gasteiger partial charge in [0.2, 0.25) is 5.91 Å². The number of nitrogens with one attached hydrogen (secondary N) is 2. The third kappa shape index (κ3) is 5.01. The lowest BCUT2D eigenvalue weighted by molar-refractivity contribution is -0.139. The first-order valence-electron chi connectivity index (χ1n) is 15.4. The Hall–Kier alpha value is -3.36. The summed E-state index contributed by atoms with van der Waals surface area (Å²) in [6.07, 6.45) is 3.75. The van der Waals surface area contributed by atoms with Crippen LogP contribution >= 0.6 is 0 Å². The fourth-order valence-electron chi connectivity index (χ4n) is 8.09. The highest BCUT2D eigenvalue weighted by atomic mass is 16.3. The number of carbonyl (C=O) groups is 2. The highest BCUT2D eigenvalue weighted by Gasteiger charge is 2.49. The van der Waals surface area contributed by atoms with Crippen LogP contribution in [-0.4, -0.2) is 82.1 Å². The average Bonchev–Trinajstić information content (AvgIpc) is 3.55. The maximum absolute atomic E-state index is 13.5. The lowest BCUT2D eigenvalue weighted by Crippen LogP contribution is -2.55. The van der Waals surface area contributed by atoms with Gasteiger partial charge in [-0.25, -0.2) is 4.79 Å². The van der Waals surface area contributed by atoms with Gasteiger partial charge in [0.05, 0.1) is 18.1 Å². The van der Waals surface area contributed by atoms with Crippen molar-refractivity contribution in [2.45, 2.75) is 50.8 Å². The average molecular weight is 556 g/mol. The molecule has 5 atom stereocenters. The van der Waals surface area contributed by atoms with Crippen molar-refractivity contribution in [1.82, 2.24) is 25.0 Å². The molecule has 2 saturated heterocycles. The van der Waals surface area contributed by atoms with Crippen LogP contribution in [0.3, 0.4) is 0 Å². The minimum atomic E-state index is -0.597. The Kier molecular flexibility index (Phi) is 7.21. The number of aromatic amines is 1. The van der Waals surface area contributed by atoms with Gasteiger partial charge in [-0.15, -0.1) is 0 Å². The number of carbonyl (C=O) groups excluding carboxylic acids is 2. The summed E-state index contributed by atoms with van der Waals surface area (Å²) in [5.74, 6) is 0.213. The number of aliphatic hydroxyl groups is 1. The van der Waals surface area contributed by atoms with Crippen LogP contribution in [0.2, 0.25) is 0 Å². The highest BCUT2D eigenvalue weighted by Crippen LogP contribution is 2.49. The molecule has 3 aliphatic heterocycles. The molecular formula is C33H41N5O3. The lowest BCUT2D eigenvalue weighted by atomic mass is 9.64. The Morgan fingerprint density at radius 2 is 1.80 bits per heavy atom. The van der Waals surface area contributed by atoms with Crippen molar-refractivity contribution < 1.29 is 14.7 Å². The molecular weight excluding hydrogens is 514 g/mol. The summed E-state index contributed by atoms with van der Waals surface area (Å²) in [5.41, 5.74) is 5.07. The van der Waals surface area contributed by atoms with Crippen molar-refractivity contribution in [3.63, 3.8) is 0 Å². The van der Waals surface area contributed by atoms with Gasteiger partial charge >= 0.3 is 6.03 Å². The lowest BCUT2D eigenvalue weighted by Gasteiger charge is -2.51. The van der Waals surface area contributed by atoms with Gasteiger partial charge < -0.3 is 25.2 Å². The van der Waals surface area contributed by atoms with Crippen LogP contribution in [0.25, 0.3) is 10.9 Å². The fourth-order valence-corrected chi connectivity index (χ4v) is 8.09. The third-order valence-corrected chi connectivity index (χ3v) is 10.2. The fraction of sp³-hybridized carbons (Fsp3) is 0.515. The number of piperidine rings is 1. The van der Waals surface area contributed by atoms with E-state index >= 15 is 0 Å². The number of benzene rings is 2. The van der Waals surface area contributed by atoms with Crippen LogP contribution in [0, 0.1) is 17.8 Å². The molecule has 7 rings (SSSR count). The van der Waals surface area contributed by atoms with E-state index in [1.165, 1.54) is 22.2 Å². The summed E-state index contributed by atoms with van der Waals surface area (Å²) in [7, 11) is 0. The second kappa shape index (κ2) is 11.1. The number of hydrogen-bond acceptors (Lipinski definition) is 4. The van der Waals surface area contributed by atoms with Crippen LogP contribution in [0.1, 0.15) is 48.5 Å². The van der Waals surface area contributed by atoms with Gasteiger partial charge in [-0.2, -0.15) is 0 Å². The molecule has 8 heteroatoms. The number of para-hydroxylation sites is 1. The van der Waals surface area contributed by atoms with Gasteiger partial charge in [0, 0.05) is 62.4 Å². The number of urea groups is 1. The Bertz CT molecular complexity index is 1410. The quantitative estimate of drug-likeness (QED) is 0.386. The number of rotatable bonds is 7. The number of nitrogens with zero attached hydrogens (tertiary/aromatic N) is 3. The molecule has 216 valence electrons. The van der Waals surface area contributed by atoms with Crippen molar-refractivity contribution in [1.29, 1.82) is 0 Å². The van der Waals surface area contributed by atoms with E-state index in [0.717, 1.165) is 51.0 Å². The smallest absolute Gasteiger partial charge is 0.320 e. The first-order valence-corrected chi connectivity index (χ1v) is 15.4. The second-order valence-electron chi connectivity index (χ2n) is 12.5. The number of fused-ring (bicyclic) bond motifs is 6. The predicted octanol–water partition coefficient (Wildman–Crippen LogP) is 3.92. The van der Waals surface area contributed by atoms with Crippen molar-refractivity contribution in [2.75, 3.05) is 39.3 Å². The SMILES string of the molecule is O=C(NCCCN1CCN(Cc2ccccc2)C1=O)C1[C@H]2C[C@H]3c4[nH]c5ccccc5c4CCN3C[C@@H]2CC[C@@H]1O. The Balaban J connectivity index is 0.960. The molecule has 1 aromatic heterocycles. The number of aliphatic hydroxyl groups excluding tert-OH is 1. The Morgan fingerprint density at radius 1 is 1.00 bits per heavy atom. The van der Waals surface area contributed by atoms with Gasteiger partial charge in [0.15, 0.2) is 0 Å². The summed E-state index contributed by atoms with van der Waals surface area (Å²) in [5, 5.41) is 15.5. The van der Waals surface area contributed by atoms with E-state index in [4.69, 9.17) is 0 Å². The van der Waals surface area contributed by atoms with E-state index < -0.39 is 6.10 Å². The van der Waals surface area contributed by atoms with Crippen LogP contribution < -0.4 is 5.32 Å². The number of aromatic nitrogens is 1. The minimum absolute atomic E-state index is 0.0215. The first-order chi connectivity index (χ1) is 20.1. The number of hydrogen-bond donors (Lipinski definition) is 3. The zero-order valence-corrected chi connectivity index (χ0v) is 23.7. The molecule has 3 aromatic rings. The molecule has 3 amide bonds. The largest absolute Gasteiger partial charge is 0.392 e. The van der Waals surface area contributed by atoms with Crippen LogP contribution in [0.15, 0.2) is 54.6 Å². The molecule has 4 heterocycles. The Morgan fingerprint density at radius 3 is 2.68 bits per heavy atom. The zero-order valence-electron chi connectivity index (χ0n) is 23.7. The van der Waals surface area contributed by atoms with Crippen molar-refractivity contribution >= 4 is 22.8 Å². The maximum Gasteiger partial charge on any atom is 0.320 e. The molecule has 8 nitrogen and oxygen atoms in total. The molecule has 4 aliphatic rings. The van der Waals surface area contributed by atoms with E-state index in [9.17, 15) is 14.7 Å². The van der Waals surface area contributed by atoms with Gasteiger partial charge in [-0.05, 0) is 61.1 Å². The van der Waals surface area contributed by atoms with Crippen molar-refractivity contribution in [3.8, 4) is 0 Å². The molecule has 0 bridgehead atoms. The summed E-state index contributed by atoms with van der Waals surface area (Å²) in [4.78, 5) is 36.5. The van der Waals surface area contributed by atoms with Gasteiger partial charge in [-0.1, -0.05) is 48.5 Å². The molecule has 2 aromatic carbocycles. The van der Waals surface area contributed by atoms with E-state index in [2.05, 4.69) is 39.5 Å². The number of H-pyrrole nitrogens is 1. The van der Waals surface area contributed by atoms with E-state index in [1.807, 2.05) is 40.1 Å². The van der Waals surface area contributed by atoms with Gasteiger partial charge in [0.25, 0.3) is 0 Å². The molecule has 1 aliphatic carbocycles. The summed E-state index contributed by atoms with van der Waals surface area (Å²) in [6.45, 7) is 5.28. The molecule has 3 fully saturated rings. The third-order valence-electron chi connectivity index (χ3n) is 10.2. The minimum Gasteiger partial charge on any atom is -0.392 e. The molecule has 0 radical (unpaired) electrons. The van der Waals surface area contributed by atoms with Crippen molar-refractivity contribution in [3.05, 3.63) is 71.4 Å². The topological polar surface area (TPSA) is 91.9 Å². The van der Waals surface area contributed by atoms with Crippen LogP contribution in [0.4, 0.5) is 4.79 Å². The summed E-state index contributed by atoms with van der Waals surface area (Å²) < 4.78 is 0. The van der Waals surface area contributed by atoms with E-state index in [1.54, 1.807) is 0 Å². The number of amides is 3. The van der Waals surface area contributed by atoms with Crippen LogP contribution in [-0.2, 0) is 17.8 Å². The molecule has 0 spiro atoms. The molecule has 41 heavy (non-hydrogen) atoms. The predicted molar refractivity (Wildman–Crippen MR) is 158 cm³/mol. The second-order valence-corrected chi connectivity index (χ2v) is 12.5. The normalized spacial score (nSPS) is 27.9. The highest BCUT2D eigenvalue weighted by molar-refractivity contribution is 5.85. The molecule has 1 saturated carbocycles. The van der Waals surface area contributed by atoms with Crippen molar-refractivity contribution in [2.24, 2.45) is 17.8 Å². The van der Waals surface area contributed by atoms with Crippen LogP contribution in [0.5, 0.6) is 0 Å². The molecule has 1 unspecified atom stereocenters.